The Kier molecular flexibility index (Phi) is 3.32. The lowest BCUT2D eigenvalue weighted by atomic mass is 10.2. The Bertz CT molecular complexity index is 878. The second-order valence-electron chi connectivity index (χ2n) is 4.28. The highest BCUT2D eigenvalue weighted by atomic mass is 32.2. The van der Waals surface area contributed by atoms with Crippen LogP contribution in [0.1, 0.15) is 0 Å². The van der Waals surface area contributed by atoms with Gasteiger partial charge in [-0.2, -0.15) is 5.10 Å². The molecule has 0 spiro atoms. The molecule has 0 aliphatic rings. The van der Waals surface area contributed by atoms with Crippen molar-refractivity contribution in [2.75, 3.05) is 5.43 Å². The number of hydrogen-bond donors (Lipinski definition) is 3. The van der Waals surface area contributed by atoms with Crippen LogP contribution in [0.5, 0.6) is 0 Å². The summed E-state index contributed by atoms with van der Waals surface area (Å²) in [5.74, 6) is -0.426. The minimum atomic E-state index is -3.76. The van der Waals surface area contributed by atoms with Gasteiger partial charge in [-0.1, -0.05) is 24.3 Å². The van der Waals surface area contributed by atoms with Crippen molar-refractivity contribution in [1.29, 1.82) is 0 Å². The minimum Gasteiger partial charge on any atom is -0.290 e. The third-order valence-electron chi connectivity index (χ3n) is 2.90. The summed E-state index contributed by atoms with van der Waals surface area (Å²) in [5, 5.41) is 6.66. The summed E-state index contributed by atoms with van der Waals surface area (Å²) >= 11 is 0. The largest absolute Gasteiger partial charge is 0.290 e. The van der Waals surface area contributed by atoms with E-state index >= 15 is 0 Å². The van der Waals surface area contributed by atoms with Crippen LogP contribution in [0.15, 0.2) is 53.4 Å². The molecule has 0 aliphatic heterocycles. The number of nitrogens with one attached hydrogen (secondary N) is 3. The quantitative estimate of drug-likeness (QED) is 0.644. The van der Waals surface area contributed by atoms with Crippen LogP contribution in [0.2, 0.25) is 0 Å². The van der Waals surface area contributed by atoms with Crippen LogP contribution in [0.25, 0.3) is 10.9 Å². The van der Waals surface area contributed by atoms with Gasteiger partial charge in [0.1, 0.15) is 5.82 Å². The molecule has 0 saturated carbocycles. The average Bonchev–Trinajstić information content (AvgIpc) is 2.91. The fourth-order valence-corrected chi connectivity index (χ4v) is 2.76. The molecule has 8 heteroatoms. The molecule has 0 atom stereocenters. The van der Waals surface area contributed by atoms with Crippen LogP contribution < -0.4 is 10.3 Å². The summed E-state index contributed by atoms with van der Waals surface area (Å²) in [6.45, 7) is 0. The number of hydrogen-bond acceptors (Lipinski definition) is 4. The molecule has 0 radical (unpaired) electrons. The molecule has 1 heterocycles. The van der Waals surface area contributed by atoms with Gasteiger partial charge >= 0.3 is 0 Å². The summed E-state index contributed by atoms with van der Waals surface area (Å²) in [5.41, 5.74) is 2.90. The van der Waals surface area contributed by atoms with Crippen molar-refractivity contribution in [3.63, 3.8) is 0 Å². The summed E-state index contributed by atoms with van der Waals surface area (Å²) in [4.78, 5) is 2.27. The first-order valence-corrected chi connectivity index (χ1v) is 7.52. The molecule has 0 fully saturated rings. The fourth-order valence-electron chi connectivity index (χ4n) is 1.89. The molecule has 108 valence electrons. The number of aromatic nitrogens is 2. The third-order valence-corrected chi connectivity index (χ3v) is 4.16. The van der Waals surface area contributed by atoms with Crippen LogP contribution in [0.4, 0.5) is 10.2 Å². The molecule has 2 aromatic carbocycles. The van der Waals surface area contributed by atoms with Crippen molar-refractivity contribution in [1.82, 2.24) is 15.0 Å². The van der Waals surface area contributed by atoms with E-state index in [2.05, 4.69) is 20.5 Å². The van der Waals surface area contributed by atoms with Crippen molar-refractivity contribution in [2.24, 2.45) is 0 Å². The lowest BCUT2D eigenvalue weighted by Gasteiger charge is -2.07. The highest BCUT2D eigenvalue weighted by molar-refractivity contribution is 7.89. The lowest BCUT2D eigenvalue weighted by Crippen LogP contribution is -2.29. The monoisotopic (exact) mass is 306 g/mol. The second-order valence-corrected chi connectivity index (χ2v) is 5.96. The molecule has 3 aromatic rings. The number of halogens is 1. The van der Waals surface area contributed by atoms with Crippen LogP contribution in [-0.4, -0.2) is 18.6 Å². The zero-order chi connectivity index (χ0) is 14.9. The van der Waals surface area contributed by atoms with Crippen LogP contribution in [-0.2, 0) is 10.0 Å². The molecule has 0 amide bonds. The summed E-state index contributed by atoms with van der Waals surface area (Å²) in [6.07, 6.45) is 0. The van der Waals surface area contributed by atoms with Crippen molar-refractivity contribution in [3.8, 4) is 0 Å². The van der Waals surface area contributed by atoms with Gasteiger partial charge in [0.25, 0.3) is 10.0 Å². The number of fused-ring (bicyclic) bond motifs is 1. The SMILES string of the molecule is O=S(=O)(NNc1n[nH]c2cccc(F)c12)c1ccccc1. The van der Waals surface area contributed by atoms with Gasteiger partial charge in [-0.25, -0.2) is 12.8 Å². The van der Waals surface area contributed by atoms with E-state index in [-0.39, 0.29) is 16.1 Å². The molecule has 3 rings (SSSR count). The number of benzene rings is 2. The van der Waals surface area contributed by atoms with Crippen LogP contribution >= 0.6 is 0 Å². The number of aromatic amines is 1. The first kappa shape index (κ1) is 13.5. The van der Waals surface area contributed by atoms with Gasteiger partial charge in [-0.05, 0) is 24.3 Å². The molecule has 0 unspecified atom stereocenters. The normalized spacial score (nSPS) is 11.7. The molecular formula is C13H11FN4O2S. The molecule has 0 aliphatic carbocycles. The summed E-state index contributed by atoms with van der Waals surface area (Å²) in [6, 6.07) is 12.3. The Morgan fingerprint density at radius 2 is 1.81 bits per heavy atom. The van der Waals surface area contributed by atoms with Crippen LogP contribution in [0.3, 0.4) is 0 Å². The smallest absolute Gasteiger partial charge is 0.257 e. The van der Waals surface area contributed by atoms with Gasteiger partial charge in [0.2, 0.25) is 0 Å². The van der Waals surface area contributed by atoms with E-state index in [1.165, 1.54) is 24.3 Å². The zero-order valence-electron chi connectivity index (χ0n) is 10.7. The highest BCUT2D eigenvalue weighted by Gasteiger charge is 2.15. The van der Waals surface area contributed by atoms with E-state index in [0.717, 1.165) is 0 Å². The Morgan fingerprint density at radius 1 is 1.05 bits per heavy atom. The Hall–Kier alpha value is -2.45. The Morgan fingerprint density at radius 3 is 2.57 bits per heavy atom. The molecule has 21 heavy (non-hydrogen) atoms. The molecule has 6 nitrogen and oxygen atoms in total. The van der Waals surface area contributed by atoms with Gasteiger partial charge in [-0.15, -0.1) is 4.83 Å². The van der Waals surface area contributed by atoms with Gasteiger partial charge in [0.05, 0.1) is 15.8 Å². The van der Waals surface area contributed by atoms with Crippen LogP contribution in [0, 0.1) is 5.82 Å². The Balaban J connectivity index is 1.87. The van der Waals surface area contributed by atoms with E-state index < -0.39 is 15.8 Å². The highest BCUT2D eigenvalue weighted by Crippen LogP contribution is 2.22. The van der Waals surface area contributed by atoms with Gasteiger partial charge in [0.15, 0.2) is 5.82 Å². The number of H-pyrrole nitrogens is 1. The maximum Gasteiger partial charge on any atom is 0.257 e. The van der Waals surface area contributed by atoms with Crippen molar-refractivity contribution in [2.45, 2.75) is 4.90 Å². The molecule has 3 N–H and O–H groups in total. The van der Waals surface area contributed by atoms with Crippen molar-refractivity contribution >= 4 is 26.7 Å². The number of anilines is 1. The van der Waals surface area contributed by atoms with E-state index in [0.29, 0.717) is 5.52 Å². The summed E-state index contributed by atoms with van der Waals surface area (Å²) in [7, 11) is -3.76. The number of rotatable bonds is 4. The maximum absolute atomic E-state index is 13.7. The third kappa shape index (κ3) is 2.58. The van der Waals surface area contributed by atoms with E-state index in [9.17, 15) is 12.8 Å². The average molecular weight is 306 g/mol. The standard InChI is InChI=1S/C13H11FN4O2S/c14-10-7-4-8-11-12(10)13(16-15-11)17-18-21(19,20)9-5-2-1-3-6-9/h1-8,18H,(H2,15,16,17). The Labute approximate surface area is 120 Å². The van der Waals surface area contributed by atoms with E-state index in [1.807, 2.05) is 0 Å². The van der Waals surface area contributed by atoms with Gasteiger partial charge in [-0.3, -0.25) is 10.5 Å². The number of nitrogens with zero attached hydrogens (tertiary/aromatic N) is 1. The number of hydrazine groups is 1. The topological polar surface area (TPSA) is 86.9 Å². The fraction of sp³-hybridized carbons (Fsp3) is 0. The second kappa shape index (κ2) is 5.15. The minimum absolute atomic E-state index is 0.0719. The molecular weight excluding hydrogens is 295 g/mol. The molecule has 1 aromatic heterocycles. The summed E-state index contributed by atoms with van der Waals surface area (Å²) < 4.78 is 37.8. The molecule has 0 bridgehead atoms. The number of sulfonamides is 1. The zero-order valence-corrected chi connectivity index (χ0v) is 11.5. The van der Waals surface area contributed by atoms with Crippen molar-refractivity contribution < 1.29 is 12.8 Å². The van der Waals surface area contributed by atoms with Crippen molar-refractivity contribution in [3.05, 3.63) is 54.3 Å². The van der Waals surface area contributed by atoms with Gasteiger partial charge in [0, 0.05) is 0 Å². The van der Waals surface area contributed by atoms with E-state index in [1.54, 1.807) is 24.3 Å². The van der Waals surface area contributed by atoms with E-state index in [4.69, 9.17) is 0 Å². The predicted octanol–water partition coefficient (Wildman–Crippen LogP) is 2.01. The first-order valence-electron chi connectivity index (χ1n) is 6.03. The lowest BCUT2D eigenvalue weighted by molar-refractivity contribution is 0.587. The first-order chi connectivity index (χ1) is 10.1. The molecule has 0 saturated heterocycles. The predicted molar refractivity (Wildman–Crippen MR) is 76.4 cm³/mol. The van der Waals surface area contributed by atoms with Gasteiger partial charge < -0.3 is 0 Å². The maximum atomic E-state index is 13.7.